The number of H-pyrrole nitrogens is 1. The summed E-state index contributed by atoms with van der Waals surface area (Å²) in [6.07, 6.45) is -5.15. The van der Waals surface area contributed by atoms with E-state index in [-0.39, 0.29) is 49.1 Å². The Morgan fingerprint density at radius 3 is 2.38 bits per heavy atom. The molecule has 6 amide bonds. The summed E-state index contributed by atoms with van der Waals surface area (Å²) in [6, 6.07) is 2.72. The lowest BCUT2D eigenvalue weighted by Crippen LogP contribution is -2.67. The van der Waals surface area contributed by atoms with Crippen molar-refractivity contribution in [3.8, 4) is 0 Å². The Labute approximate surface area is 358 Å². The molecule has 0 aliphatic carbocycles. The number of anilines is 2. The van der Waals surface area contributed by atoms with E-state index in [1.54, 1.807) is 26.0 Å². The first-order chi connectivity index (χ1) is 30.1. The number of nitrogens with zero attached hydrogens (tertiary/aromatic N) is 6. The second-order valence-corrected chi connectivity index (χ2v) is 15.3. The lowest BCUT2D eigenvalue weighted by Gasteiger charge is -2.41. The number of ether oxygens (including phenoxy) is 2. The van der Waals surface area contributed by atoms with Gasteiger partial charge in [0.15, 0.2) is 17.7 Å². The van der Waals surface area contributed by atoms with Gasteiger partial charge in [-0.1, -0.05) is 26.0 Å². The molecule has 10 N–H and O–H groups in total. The van der Waals surface area contributed by atoms with Crippen LogP contribution < -0.4 is 26.7 Å². The maximum absolute atomic E-state index is 13.5. The summed E-state index contributed by atoms with van der Waals surface area (Å²) in [4.78, 5) is 106. The molecule has 338 valence electrons. The topological polar surface area (TPSA) is 343 Å². The van der Waals surface area contributed by atoms with Gasteiger partial charge in [0.05, 0.1) is 17.8 Å². The van der Waals surface area contributed by atoms with Gasteiger partial charge in [-0.2, -0.15) is 0 Å². The molecule has 2 fully saturated rings. The minimum absolute atomic E-state index is 0.00624. The number of nitroso groups, excluding NO2 is 1. The maximum Gasteiger partial charge on any atom is 0.415 e. The summed E-state index contributed by atoms with van der Waals surface area (Å²) in [5.74, 6) is -3.00. The van der Waals surface area contributed by atoms with Crippen LogP contribution in [0.1, 0.15) is 39.2 Å². The van der Waals surface area contributed by atoms with Crippen LogP contribution in [0.2, 0.25) is 0 Å². The van der Waals surface area contributed by atoms with Crippen LogP contribution in [0.4, 0.5) is 16.3 Å². The molecule has 63 heavy (non-hydrogen) atoms. The highest BCUT2D eigenvalue weighted by Crippen LogP contribution is 2.26. The average molecular weight is 882 g/mol. The number of likely N-dealkylation sites (tertiary alicyclic amines) is 1. The van der Waals surface area contributed by atoms with Gasteiger partial charge in [-0.3, -0.25) is 28.9 Å². The van der Waals surface area contributed by atoms with Crippen LogP contribution in [0.5, 0.6) is 0 Å². The molecule has 0 spiro atoms. The van der Waals surface area contributed by atoms with E-state index in [9.17, 15) is 54.1 Å². The monoisotopic (exact) mass is 881 g/mol. The number of amides is 6. The smallest absolute Gasteiger partial charge is 0.415 e. The molecule has 0 saturated carbocycles. The van der Waals surface area contributed by atoms with E-state index in [1.165, 1.54) is 31.7 Å². The molecule has 1 aromatic carbocycles. The zero-order valence-electron chi connectivity index (χ0n) is 34.3. The Morgan fingerprint density at radius 2 is 1.70 bits per heavy atom. The fourth-order valence-electron chi connectivity index (χ4n) is 7.05. The number of benzene rings is 1. The Bertz CT molecular complexity index is 2200. The number of imide groups is 1. The molecule has 25 heteroatoms. The minimum atomic E-state index is -1.70. The second kappa shape index (κ2) is 20.0. The first-order valence-corrected chi connectivity index (χ1v) is 20.0. The normalized spacial score (nSPS) is 24.3. The highest BCUT2D eigenvalue weighted by atomic mass is 16.6. The van der Waals surface area contributed by atoms with Gasteiger partial charge in [-0.15, -0.1) is 5.43 Å². The van der Waals surface area contributed by atoms with Crippen molar-refractivity contribution in [2.45, 2.75) is 95.2 Å². The molecule has 2 saturated heterocycles. The van der Waals surface area contributed by atoms with Gasteiger partial charge in [0.25, 0.3) is 11.8 Å². The van der Waals surface area contributed by atoms with Crippen molar-refractivity contribution >= 4 is 58.3 Å². The van der Waals surface area contributed by atoms with Crippen LogP contribution in [0.3, 0.4) is 0 Å². The molecule has 5 heterocycles. The Morgan fingerprint density at radius 1 is 0.984 bits per heavy atom. The Balaban J connectivity index is 0.964. The lowest BCUT2D eigenvalue weighted by atomic mass is 9.96. The number of imidazole rings is 1. The van der Waals surface area contributed by atoms with E-state index < -0.39 is 97.2 Å². The molecule has 9 atom stereocenters. The van der Waals surface area contributed by atoms with Crippen LogP contribution in [0.25, 0.3) is 11.2 Å². The van der Waals surface area contributed by atoms with E-state index in [0.717, 1.165) is 22.0 Å². The quantitative estimate of drug-likeness (QED) is 0.0380. The summed E-state index contributed by atoms with van der Waals surface area (Å²) in [5, 5.41) is 53.5. The molecule has 3 aliphatic heterocycles. The van der Waals surface area contributed by atoms with Crippen molar-refractivity contribution in [3.05, 3.63) is 59.5 Å². The van der Waals surface area contributed by atoms with Gasteiger partial charge in [-0.05, 0) is 30.5 Å². The number of fused-ring (bicyclic) bond motifs is 1. The van der Waals surface area contributed by atoms with E-state index in [4.69, 9.17) is 9.47 Å². The average Bonchev–Trinajstić information content (AvgIpc) is 3.99. The lowest BCUT2D eigenvalue weighted by molar-refractivity contribution is -0.670. The molecule has 3 aliphatic rings. The third-order valence-electron chi connectivity index (χ3n) is 10.6. The van der Waals surface area contributed by atoms with Crippen molar-refractivity contribution in [1.82, 2.24) is 45.8 Å². The van der Waals surface area contributed by atoms with Crippen LogP contribution in [-0.2, 0) is 40.1 Å². The number of aliphatic hydroxyl groups is 4. The second-order valence-electron chi connectivity index (χ2n) is 15.3. The van der Waals surface area contributed by atoms with Gasteiger partial charge >= 0.3 is 12.3 Å². The molecule has 6 rings (SSSR count). The Hall–Kier alpha value is -6.67. The first-order valence-electron chi connectivity index (χ1n) is 20.0. The summed E-state index contributed by atoms with van der Waals surface area (Å²) in [6.45, 7) is 3.65. The standard InChI is InChI=1S/C38H48N12O13/c1-18(2)27(45-24(53)11-13-48-25(54)8-9-26(48)55)35(59)43-19(3)34(58)44-21-6-4-20(5-7-21)15-62-38(60)49-12-10-22(52)37(49)50(61)47-28-23(14-51)63-36(31(57)30(28)56)46-33-29-32(40-16-39-29)41-17-42-33/h4-9,16-19,22-23,27-28,30-31,36-37,51-52,56-57H,10-15H2,1-3H3,(H5-,39,40,41,42,43,44,45,46,47,53,54,55,58,59,61)/p+1/t19-,22-,23-,27-,28-,30+,31-,36-,37-/m0/s1. The van der Waals surface area contributed by atoms with Gasteiger partial charge in [0, 0.05) is 43.8 Å². The SMILES string of the molecule is CC(C)[C@H](NC(=O)CCN1C(=O)C=CC1=O)C(=O)N[C@@H](C)C(=O)Nc1ccc(COC(=O)N2CC[C@H](O)[C@@H]2[N+](=O)N[C@@H]2[C@@H](O)[C@H](O)[C@@H](Nc3ncnc4nc[nH]c34)O[C@H]2CO)cc1. The number of rotatable bonds is 17. The minimum Gasteiger partial charge on any atom is -0.444 e. The third-order valence-corrected chi connectivity index (χ3v) is 10.6. The molecule has 0 radical (unpaired) electrons. The number of hydrogen-bond donors (Lipinski definition) is 10. The number of hydrazine groups is 1. The zero-order valence-corrected chi connectivity index (χ0v) is 34.3. The van der Waals surface area contributed by atoms with Crippen molar-refractivity contribution in [3.63, 3.8) is 0 Å². The number of aromatic amines is 1. The van der Waals surface area contributed by atoms with E-state index >= 15 is 0 Å². The molecule has 25 nitrogen and oxygen atoms in total. The third kappa shape index (κ3) is 10.7. The number of carbonyl (C=O) groups excluding carboxylic acids is 6. The number of aliphatic hydroxyl groups excluding tert-OH is 4. The number of carbonyl (C=O) groups is 6. The molecule has 3 aromatic rings. The fraction of sp³-hybridized carbons (Fsp3) is 0.500. The number of hydrogen-bond acceptors (Lipinski definition) is 17. The van der Waals surface area contributed by atoms with Gasteiger partial charge < -0.3 is 56.2 Å². The number of aromatic nitrogens is 4. The highest BCUT2D eigenvalue weighted by Gasteiger charge is 2.53. The Kier molecular flexibility index (Phi) is 14.6. The van der Waals surface area contributed by atoms with Crippen LogP contribution in [-0.4, -0.2) is 165 Å². The van der Waals surface area contributed by atoms with Crippen LogP contribution in [0, 0.1) is 10.8 Å². The maximum atomic E-state index is 13.5. The molecule has 2 aromatic heterocycles. The predicted octanol–water partition coefficient (Wildman–Crippen LogP) is -2.52. The van der Waals surface area contributed by atoms with E-state index in [1.807, 2.05) is 0 Å². The van der Waals surface area contributed by atoms with Crippen molar-refractivity contribution < 1.29 is 63.5 Å². The summed E-state index contributed by atoms with van der Waals surface area (Å²) < 4.78 is 11.2. The largest absolute Gasteiger partial charge is 0.444 e. The van der Waals surface area contributed by atoms with Crippen molar-refractivity contribution in [2.24, 2.45) is 5.92 Å². The van der Waals surface area contributed by atoms with Gasteiger partial charge in [-0.25, -0.2) is 24.6 Å². The van der Waals surface area contributed by atoms with Crippen LogP contribution >= 0.6 is 0 Å². The number of nitrogens with one attached hydrogen (secondary N) is 6. The molecular formula is C38H49N12O13+. The molecular weight excluding hydrogens is 832 g/mol. The molecule has 0 unspecified atom stereocenters. The summed E-state index contributed by atoms with van der Waals surface area (Å²) in [7, 11) is 0. The van der Waals surface area contributed by atoms with Crippen molar-refractivity contribution in [1.29, 1.82) is 0 Å². The fourth-order valence-corrected chi connectivity index (χ4v) is 7.05. The first kappa shape index (κ1) is 45.8. The van der Waals surface area contributed by atoms with E-state index in [0.29, 0.717) is 22.4 Å². The zero-order chi connectivity index (χ0) is 45.5. The van der Waals surface area contributed by atoms with Gasteiger partial charge in [0.1, 0.15) is 65.9 Å². The summed E-state index contributed by atoms with van der Waals surface area (Å²) >= 11 is 0. The molecule has 0 bridgehead atoms. The van der Waals surface area contributed by atoms with Crippen LogP contribution in [0.15, 0.2) is 49.1 Å². The predicted molar refractivity (Wildman–Crippen MR) is 215 cm³/mol. The van der Waals surface area contributed by atoms with Crippen molar-refractivity contribution in [2.75, 3.05) is 30.3 Å². The van der Waals surface area contributed by atoms with Gasteiger partial charge in [0.2, 0.25) is 17.7 Å². The summed E-state index contributed by atoms with van der Waals surface area (Å²) in [5.41, 5.74) is 3.96. The van der Waals surface area contributed by atoms with E-state index in [2.05, 4.69) is 46.6 Å². The highest BCUT2D eigenvalue weighted by molar-refractivity contribution is 6.13.